The molecule has 0 aromatic rings. The number of ketones is 1. The Bertz CT molecular complexity index is 467. The fourth-order valence-corrected chi connectivity index (χ4v) is 3.63. The van der Waals surface area contributed by atoms with Gasteiger partial charge in [-0.2, -0.15) is 10.6 Å². The Labute approximate surface area is 118 Å². The largest absolute Gasteiger partial charge is 0.432 e. The van der Waals surface area contributed by atoms with Crippen molar-refractivity contribution >= 4 is 22.3 Å². The average molecular weight is 302 g/mol. The van der Waals surface area contributed by atoms with Gasteiger partial charge >= 0.3 is 5.97 Å². The van der Waals surface area contributed by atoms with Crippen LogP contribution in [0.1, 0.15) is 19.8 Å². The number of ether oxygens (including phenoxy) is 2. The molecule has 2 atom stereocenters. The van der Waals surface area contributed by atoms with Crippen molar-refractivity contribution in [1.82, 2.24) is 0 Å². The molecule has 0 aromatic heterocycles. The summed E-state index contributed by atoms with van der Waals surface area (Å²) in [6.07, 6.45) is 4.09. The summed E-state index contributed by atoms with van der Waals surface area (Å²) < 4.78 is 29.3. The molecule has 2 heterocycles. The number of hydrogen-bond acceptors (Lipinski definition) is 6. The smallest absolute Gasteiger partial charge is 0.305 e. The lowest BCUT2D eigenvalue weighted by atomic mass is 10.0. The second-order valence-corrected chi connectivity index (χ2v) is 7.10. The van der Waals surface area contributed by atoms with Crippen molar-refractivity contribution in [3.8, 4) is 0 Å². The van der Waals surface area contributed by atoms with Crippen molar-refractivity contribution < 1.29 is 28.2 Å². The molecule has 0 bridgehead atoms. The predicted molar refractivity (Wildman–Crippen MR) is 74.5 cm³/mol. The van der Waals surface area contributed by atoms with Crippen LogP contribution in [0.3, 0.4) is 0 Å². The summed E-state index contributed by atoms with van der Waals surface area (Å²) in [4.78, 5) is 22.5. The Kier molecular flexibility index (Phi) is 4.64. The SMILES string of the molecule is CC(=O)OC1C=CC(=O)C(CCC2=CCS(O)(O)C2)O1. The third kappa shape index (κ3) is 4.17. The van der Waals surface area contributed by atoms with Gasteiger partial charge in [0.1, 0.15) is 6.10 Å². The van der Waals surface area contributed by atoms with Crippen LogP contribution in [0.4, 0.5) is 0 Å². The van der Waals surface area contributed by atoms with Gasteiger partial charge in [-0.25, -0.2) is 0 Å². The second kappa shape index (κ2) is 6.09. The summed E-state index contributed by atoms with van der Waals surface area (Å²) in [6.45, 7) is 1.27. The van der Waals surface area contributed by atoms with Gasteiger partial charge in [0.25, 0.3) is 0 Å². The molecule has 0 radical (unpaired) electrons. The van der Waals surface area contributed by atoms with E-state index in [0.29, 0.717) is 12.8 Å². The molecule has 0 aromatic carbocycles. The minimum Gasteiger partial charge on any atom is -0.432 e. The molecule has 6 nitrogen and oxygen atoms in total. The van der Waals surface area contributed by atoms with Crippen LogP contribution in [0.15, 0.2) is 23.8 Å². The third-order valence-corrected chi connectivity index (χ3v) is 4.63. The summed E-state index contributed by atoms with van der Waals surface area (Å²) in [5, 5.41) is 0. The van der Waals surface area contributed by atoms with Gasteiger partial charge in [0.05, 0.1) is 11.5 Å². The van der Waals surface area contributed by atoms with E-state index in [-0.39, 0.29) is 17.3 Å². The first-order valence-corrected chi connectivity index (χ1v) is 8.20. The van der Waals surface area contributed by atoms with E-state index in [9.17, 15) is 18.7 Å². The van der Waals surface area contributed by atoms with E-state index >= 15 is 0 Å². The van der Waals surface area contributed by atoms with Gasteiger partial charge in [-0.3, -0.25) is 18.7 Å². The molecule has 2 aliphatic rings. The minimum atomic E-state index is -2.49. The van der Waals surface area contributed by atoms with Crippen molar-refractivity contribution in [3.63, 3.8) is 0 Å². The lowest BCUT2D eigenvalue weighted by molar-refractivity contribution is -0.180. The van der Waals surface area contributed by atoms with Crippen LogP contribution in [0.2, 0.25) is 0 Å². The lowest BCUT2D eigenvalue weighted by Gasteiger charge is -2.27. The van der Waals surface area contributed by atoms with Crippen LogP contribution in [0.5, 0.6) is 0 Å². The zero-order valence-corrected chi connectivity index (χ0v) is 12.0. The molecular formula is C13H18O6S. The quantitative estimate of drug-likeness (QED) is 0.608. The van der Waals surface area contributed by atoms with Gasteiger partial charge in [-0.05, 0) is 25.0 Å². The van der Waals surface area contributed by atoms with Crippen molar-refractivity contribution in [2.45, 2.75) is 32.2 Å². The van der Waals surface area contributed by atoms with Gasteiger partial charge in [0.2, 0.25) is 6.29 Å². The molecule has 0 saturated heterocycles. The predicted octanol–water partition coefficient (Wildman–Crippen LogP) is 1.87. The van der Waals surface area contributed by atoms with Crippen LogP contribution >= 0.6 is 10.6 Å². The topological polar surface area (TPSA) is 93.1 Å². The van der Waals surface area contributed by atoms with Gasteiger partial charge in [-0.15, -0.1) is 0 Å². The second-order valence-electron chi connectivity index (χ2n) is 4.88. The third-order valence-electron chi connectivity index (χ3n) is 3.10. The standard InChI is InChI=1S/C13H18O6S/c1-9(14)18-13-5-3-11(15)12(19-13)4-2-10-6-7-20(16,17)8-10/h3,5-6,12-13,16-17H,2,4,7-8H2,1H3. The Morgan fingerprint density at radius 1 is 1.55 bits per heavy atom. The fraction of sp³-hybridized carbons (Fsp3) is 0.538. The Morgan fingerprint density at radius 2 is 2.30 bits per heavy atom. The molecule has 112 valence electrons. The average Bonchev–Trinajstić information content (AvgIpc) is 2.69. The van der Waals surface area contributed by atoms with Gasteiger partial charge < -0.3 is 9.47 Å². The molecule has 0 spiro atoms. The first kappa shape index (κ1) is 15.2. The number of carbonyl (C=O) groups excluding carboxylic acids is 2. The van der Waals surface area contributed by atoms with Crippen molar-refractivity contribution in [2.24, 2.45) is 0 Å². The van der Waals surface area contributed by atoms with E-state index in [4.69, 9.17) is 9.47 Å². The van der Waals surface area contributed by atoms with Crippen LogP contribution < -0.4 is 0 Å². The summed E-state index contributed by atoms with van der Waals surface area (Å²) in [7, 11) is -2.49. The molecule has 0 amide bonds. The summed E-state index contributed by atoms with van der Waals surface area (Å²) >= 11 is 0. The highest BCUT2D eigenvalue weighted by Gasteiger charge is 2.28. The highest BCUT2D eigenvalue weighted by atomic mass is 32.3. The van der Waals surface area contributed by atoms with E-state index < -0.39 is 29.0 Å². The van der Waals surface area contributed by atoms with Crippen molar-refractivity contribution in [3.05, 3.63) is 23.8 Å². The number of carbonyl (C=O) groups is 2. The van der Waals surface area contributed by atoms with Crippen molar-refractivity contribution in [2.75, 3.05) is 11.5 Å². The molecule has 2 N–H and O–H groups in total. The summed E-state index contributed by atoms with van der Waals surface area (Å²) in [5.41, 5.74) is 0.931. The fourth-order valence-electron chi connectivity index (χ4n) is 2.15. The van der Waals surface area contributed by atoms with E-state index in [1.807, 2.05) is 6.08 Å². The zero-order valence-electron chi connectivity index (χ0n) is 11.2. The summed E-state index contributed by atoms with van der Waals surface area (Å²) in [5.74, 6) is -0.0756. The minimum absolute atomic E-state index is 0.168. The van der Waals surface area contributed by atoms with E-state index in [1.54, 1.807) is 0 Å². The molecular weight excluding hydrogens is 284 g/mol. The molecule has 2 unspecified atom stereocenters. The zero-order chi connectivity index (χ0) is 14.8. The van der Waals surface area contributed by atoms with Crippen LogP contribution in [0, 0.1) is 0 Å². The molecule has 2 rings (SSSR count). The van der Waals surface area contributed by atoms with Gasteiger partial charge in [0, 0.05) is 6.92 Å². The highest BCUT2D eigenvalue weighted by Crippen LogP contribution is 2.46. The molecule has 0 saturated carbocycles. The highest BCUT2D eigenvalue weighted by molar-refractivity contribution is 8.24. The first-order valence-electron chi connectivity index (χ1n) is 6.32. The monoisotopic (exact) mass is 302 g/mol. The van der Waals surface area contributed by atoms with Crippen LogP contribution in [-0.4, -0.2) is 44.8 Å². The molecule has 0 fully saturated rings. The molecule has 0 aliphatic carbocycles. The number of rotatable bonds is 4. The molecule has 20 heavy (non-hydrogen) atoms. The van der Waals surface area contributed by atoms with E-state index in [1.165, 1.54) is 19.1 Å². The van der Waals surface area contributed by atoms with Crippen LogP contribution in [-0.2, 0) is 19.1 Å². The van der Waals surface area contributed by atoms with Gasteiger partial charge in [0.15, 0.2) is 5.78 Å². The van der Waals surface area contributed by atoms with Crippen molar-refractivity contribution in [1.29, 1.82) is 0 Å². The van der Waals surface area contributed by atoms with Gasteiger partial charge in [-0.1, -0.05) is 11.6 Å². The number of hydrogen-bond donors (Lipinski definition) is 2. The lowest BCUT2D eigenvalue weighted by Crippen LogP contribution is -2.34. The molecule has 2 aliphatic heterocycles. The summed E-state index contributed by atoms with van der Waals surface area (Å²) in [6, 6.07) is 0. The Balaban J connectivity index is 1.85. The van der Waals surface area contributed by atoms with E-state index in [0.717, 1.165) is 5.57 Å². The maximum Gasteiger partial charge on any atom is 0.305 e. The van der Waals surface area contributed by atoms with Crippen LogP contribution in [0.25, 0.3) is 0 Å². The first-order chi connectivity index (χ1) is 9.35. The Hall–Kier alpha value is -1.15. The van der Waals surface area contributed by atoms with E-state index in [2.05, 4.69) is 0 Å². The maximum atomic E-state index is 11.7. The Morgan fingerprint density at radius 3 is 2.90 bits per heavy atom. The normalized spacial score (nSPS) is 29.9. The molecule has 7 heteroatoms. The maximum absolute atomic E-state index is 11.7. The number of esters is 1.